The van der Waals surface area contributed by atoms with Crippen molar-refractivity contribution in [1.29, 1.82) is 0 Å². The molecule has 0 saturated heterocycles. The zero-order valence-electron chi connectivity index (χ0n) is 11.2. The lowest BCUT2D eigenvalue weighted by molar-refractivity contribution is 0.512. The average molecular weight is 244 g/mol. The van der Waals surface area contributed by atoms with Gasteiger partial charge in [-0.25, -0.2) is 0 Å². The Morgan fingerprint density at radius 1 is 1.28 bits per heavy atom. The summed E-state index contributed by atoms with van der Waals surface area (Å²) >= 11 is 0. The summed E-state index contributed by atoms with van der Waals surface area (Å²) in [6, 6.07) is 6.79. The number of hydrogen-bond donors (Lipinski definition) is 1. The van der Waals surface area contributed by atoms with E-state index in [1.165, 1.54) is 5.56 Å². The van der Waals surface area contributed by atoms with Gasteiger partial charge in [0, 0.05) is 37.2 Å². The Labute approximate surface area is 108 Å². The van der Waals surface area contributed by atoms with Crippen LogP contribution in [-0.2, 0) is 6.54 Å². The molecule has 96 valence electrons. The lowest BCUT2D eigenvalue weighted by atomic mass is 10.1. The summed E-state index contributed by atoms with van der Waals surface area (Å²) < 4.78 is 1.98. The van der Waals surface area contributed by atoms with Gasteiger partial charge < -0.3 is 5.32 Å². The summed E-state index contributed by atoms with van der Waals surface area (Å²) in [6.07, 6.45) is 5.71. The average Bonchev–Trinajstić information content (AvgIpc) is 2.86. The molecule has 0 aliphatic carbocycles. The minimum Gasteiger partial charge on any atom is -0.304 e. The highest BCUT2D eigenvalue weighted by Gasteiger charge is 2.06. The Bertz CT molecular complexity index is 476. The number of hydrogen-bond acceptors (Lipinski definition) is 3. The zero-order chi connectivity index (χ0) is 13.0. The van der Waals surface area contributed by atoms with E-state index in [0.29, 0.717) is 6.04 Å². The Morgan fingerprint density at radius 2 is 2.11 bits per heavy atom. The quantitative estimate of drug-likeness (QED) is 0.879. The van der Waals surface area contributed by atoms with E-state index in [0.717, 1.165) is 12.2 Å². The summed E-state index contributed by atoms with van der Waals surface area (Å²) in [4.78, 5) is 4.13. The molecule has 2 rings (SSSR count). The summed E-state index contributed by atoms with van der Waals surface area (Å²) in [7, 11) is 0. The summed E-state index contributed by atoms with van der Waals surface area (Å²) in [5.74, 6) is 0. The summed E-state index contributed by atoms with van der Waals surface area (Å²) in [5.41, 5.74) is 2.26. The predicted octanol–water partition coefficient (Wildman–Crippen LogP) is 2.71. The maximum atomic E-state index is 4.51. The van der Waals surface area contributed by atoms with Gasteiger partial charge in [-0.2, -0.15) is 5.10 Å². The van der Waals surface area contributed by atoms with Gasteiger partial charge in [0.05, 0.1) is 5.69 Å². The molecule has 0 aliphatic rings. The Balaban J connectivity index is 1.91. The van der Waals surface area contributed by atoms with Gasteiger partial charge in [0.15, 0.2) is 0 Å². The van der Waals surface area contributed by atoms with Gasteiger partial charge in [-0.3, -0.25) is 9.67 Å². The molecule has 1 N–H and O–H groups in total. The molecule has 0 fully saturated rings. The molecule has 0 aliphatic heterocycles. The monoisotopic (exact) mass is 244 g/mol. The second kappa shape index (κ2) is 5.78. The van der Waals surface area contributed by atoms with E-state index in [-0.39, 0.29) is 6.04 Å². The van der Waals surface area contributed by atoms with Crippen molar-refractivity contribution in [3.63, 3.8) is 0 Å². The van der Waals surface area contributed by atoms with Crippen molar-refractivity contribution in [1.82, 2.24) is 20.1 Å². The van der Waals surface area contributed by atoms with Gasteiger partial charge in [0.25, 0.3) is 0 Å². The first kappa shape index (κ1) is 12.8. The third-order valence-electron chi connectivity index (χ3n) is 2.97. The van der Waals surface area contributed by atoms with E-state index in [4.69, 9.17) is 0 Å². The van der Waals surface area contributed by atoms with Crippen LogP contribution in [0.3, 0.4) is 0 Å². The molecule has 2 aromatic heterocycles. The molecule has 0 amide bonds. The van der Waals surface area contributed by atoms with Crippen molar-refractivity contribution in [2.75, 3.05) is 0 Å². The second-order valence-electron chi connectivity index (χ2n) is 4.77. The van der Waals surface area contributed by atoms with Crippen LogP contribution in [0.5, 0.6) is 0 Å². The maximum Gasteiger partial charge on any atom is 0.0762 e. The van der Waals surface area contributed by atoms with Crippen LogP contribution < -0.4 is 5.32 Å². The smallest absolute Gasteiger partial charge is 0.0762 e. The van der Waals surface area contributed by atoms with E-state index in [1.807, 2.05) is 23.1 Å². The molecular formula is C14H20N4. The summed E-state index contributed by atoms with van der Waals surface area (Å²) in [5, 5.41) is 7.97. The number of pyridine rings is 1. The molecule has 2 aromatic rings. The first-order valence-electron chi connectivity index (χ1n) is 6.34. The Hall–Kier alpha value is -1.68. The molecule has 0 radical (unpaired) electrons. The molecule has 0 spiro atoms. The van der Waals surface area contributed by atoms with Crippen molar-refractivity contribution in [3.05, 3.63) is 48.0 Å². The van der Waals surface area contributed by atoms with Crippen molar-refractivity contribution in [2.24, 2.45) is 0 Å². The van der Waals surface area contributed by atoms with E-state index in [1.54, 1.807) is 6.20 Å². The fraction of sp³-hybridized carbons (Fsp3) is 0.429. The van der Waals surface area contributed by atoms with E-state index in [2.05, 4.69) is 48.3 Å². The van der Waals surface area contributed by atoms with Gasteiger partial charge >= 0.3 is 0 Å². The normalized spacial score (nSPS) is 12.9. The van der Waals surface area contributed by atoms with Gasteiger partial charge in [0.1, 0.15) is 0 Å². The molecule has 4 nitrogen and oxygen atoms in total. The highest BCUT2D eigenvalue weighted by atomic mass is 15.3. The van der Waals surface area contributed by atoms with Crippen LogP contribution in [0.25, 0.3) is 0 Å². The highest BCUT2D eigenvalue weighted by molar-refractivity contribution is 5.13. The van der Waals surface area contributed by atoms with Crippen molar-refractivity contribution in [2.45, 2.75) is 39.4 Å². The second-order valence-corrected chi connectivity index (χ2v) is 4.77. The van der Waals surface area contributed by atoms with Crippen molar-refractivity contribution < 1.29 is 0 Å². The predicted molar refractivity (Wildman–Crippen MR) is 72.1 cm³/mol. The van der Waals surface area contributed by atoms with Crippen LogP contribution in [0, 0.1) is 0 Å². The van der Waals surface area contributed by atoms with Gasteiger partial charge in [0.2, 0.25) is 0 Å². The van der Waals surface area contributed by atoms with E-state index in [9.17, 15) is 0 Å². The molecule has 4 heteroatoms. The first-order valence-corrected chi connectivity index (χ1v) is 6.34. The van der Waals surface area contributed by atoms with E-state index < -0.39 is 0 Å². The van der Waals surface area contributed by atoms with Crippen LogP contribution in [0.1, 0.15) is 44.1 Å². The van der Waals surface area contributed by atoms with Gasteiger partial charge in [-0.1, -0.05) is 6.07 Å². The fourth-order valence-electron chi connectivity index (χ4n) is 1.77. The van der Waals surface area contributed by atoms with Crippen LogP contribution in [0.4, 0.5) is 0 Å². The molecular weight excluding hydrogens is 224 g/mol. The largest absolute Gasteiger partial charge is 0.304 e. The minimum absolute atomic E-state index is 0.280. The molecule has 0 bridgehead atoms. The minimum atomic E-state index is 0.280. The van der Waals surface area contributed by atoms with Crippen molar-refractivity contribution in [3.8, 4) is 0 Å². The molecule has 1 atom stereocenters. The molecule has 0 saturated carbocycles. The zero-order valence-corrected chi connectivity index (χ0v) is 11.2. The summed E-state index contributed by atoms with van der Waals surface area (Å²) in [6.45, 7) is 7.16. The Kier molecular flexibility index (Phi) is 4.10. The number of rotatable bonds is 5. The maximum absolute atomic E-state index is 4.51. The molecule has 18 heavy (non-hydrogen) atoms. The lowest BCUT2D eigenvalue weighted by Gasteiger charge is -2.12. The van der Waals surface area contributed by atoms with Crippen LogP contribution >= 0.6 is 0 Å². The molecule has 0 aromatic carbocycles. The fourth-order valence-corrected chi connectivity index (χ4v) is 1.77. The van der Waals surface area contributed by atoms with Crippen LogP contribution in [0.15, 0.2) is 36.8 Å². The van der Waals surface area contributed by atoms with Gasteiger partial charge in [-0.05, 0) is 38.5 Å². The number of nitrogens with zero attached hydrogens (tertiary/aromatic N) is 3. The molecule has 1 unspecified atom stereocenters. The standard InChI is InChI=1S/C14H20N4/c1-11(2)18-8-6-14(17-18)10-16-12(3)13-5-4-7-15-9-13/h4-9,11-12,16H,10H2,1-3H3. The van der Waals surface area contributed by atoms with Crippen LogP contribution in [-0.4, -0.2) is 14.8 Å². The van der Waals surface area contributed by atoms with Gasteiger partial charge in [-0.15, -0.1) is 0 Å². The first-order chi connectivity index (χ1) is 8.66. The van der Waals surface area contributed by atoms with E-state index >= 15 is 0 Å². The number of aromatic nitrogens is 3. The third kappa shape index (κ3) is 3.17. The molecule has 2 heterocycles. The SMILES string of the molecule is CC(NCc1ccn(C(C)C)n1)c1cccnc1. The highest BCUT2D eigenvalue weighted by Crippen LogP contribution is 2.11. The van der Waals surface area contributed by atoms with Crippen LogP contribution in [0.2, 0.25) is 0 Å². The Morgan fingerprint density at radius 3 is 2.72 bits per heavy atom. The lowest BCUT2D eigenvalue weighted by Crippen LogP contribution is -2.18. The van der Waals surface area contributed by atoms with Crippen molar-refractivity contribution >= 4 is 0 Å². The third-order valence-corrected chi connectivity index (χ3v) is 2.97. The topological polar surface area (TPSA) is 42.7 Å². The number of nitrogens with one attached hydrogen (secondary N) is 1.